The molecule has 0 radical (unpaired) electrons. The topological polar surface area (TPSA) is 29.3 Å². The monoisotopic (exact) mass is 296 g/mol. The van der Waals surface area contributed by atoms with Gasteiger partial charge in [0, 0.05) is 30.1 Å². The fourth-order valence-corrected chi connectivity index (χ4v) is 4.09. The van der Waals surface area contributed by atoms with Gasteiger partial charge in [-0.15, -0.1) is 0 Å². The molecule has 1 saturated heterocycles. The molecule has 0 amide bonds. The number of thioether (sulfide) groups is 1. The summed E-state index contributed by atoms with van der Waals surface area (Å²) in [5.74, 6) is 0.968. The summed E-state index contributed by atoms with van der Waals surface area (Å²) < 4.78 is 13.5. The number of halogens is 1. The van der Waals surface area contributed by atoms with Crippen LogP contribution in [0.4, 0.5) is 4.39 Å². The van der Waals surface area contributed by atoms with Gasteiger partial charge in [0.2, 0.25) is 0 Å². The SMILES string of the molecule is CCC1CN(C(c2cccc(F)c2)C(N)CC)CCS1. The zero-order valence-corrected chi connectivity index (χ0v) is 13.2. The van der Waals surface area contributed by atoms with Gasteiger partial charge in [0.05, 0.1) is 6.04 Å². The van der Waals surface area contributed by atoms with Crippen molar-refractivity contribution < 1.29 is 4.39 Å². The van der Waals surface area contributed by atoms with E-state index in [9.17, 15) is 4.39 Å². The van der Waals surface area contributed by atoms with Crippen LogP contribution in [0.2, 0.25) is 0 Å². The van der Waals surface area contributed by atoms with Gasteiger partial charge in [0.15, 0.2) is 0 Å². The molecule has 1 aliphatic heterocycles. The van der Waals surface area contributed by atoms with E-state index in [-0.39, 0.29) is 17.9 Å². The predicted molar refractivity (Wildman–Crippen MR) is 85.5 cm³/mol. The maximum atomic E-state index is 13.5. The molecule has 1 heterocycles. The van der Waals surface area contributed by atoms with E-state index in [0.717, 1.165) is 30.8 Å². The molecule has 0 bridgehead atoms. The molecule has 112 valence electrons. The Morgan fingerprint density at radius 2 is 2.25 bits per heavy atom. The van der Waals surface area contributed by atoms with Crippen LogP contribution >= 0.6 is 11.8 Å². The van der Waals surface area contributed by atoms with E-state index in [1.807, 2.05) is 17.8 Å². The van der Waals surface area contributed by atoms with Gasteiger partial charge in [0.25, 0.3) is 0 Å². The van der Waals surface area contributed by atoms with Crippen molar-refractivity contribution in [2.45, 2.75) is 44.0 Å². The average molecular weight is 296 g/mol. The molecule has 4 heteroatoms. The molecule has 3 atom stereocenters. The first kappa shape index (κ1) is 15.8. The Balaban J connectivity index is 2.23. The first-order chi connectivity index (χ1) is 9.65. The van der Waals surface area contributed by atoms with Crippen LogP contribution in [0, 0.1) is 5.82 Å². The summed E-state index contributed by atoms with van der Waals surface area (Å²) >= 11 is 2.05. The van der Waals surface area contributed by atoms with E-state index >= 15 is 0 Å². The van der Waals surface area contributed by atoms with Gasteiger partial charge in [-0.05, 0) is 30.5 Å². The van der Waals surface area contributed by atoms with Gasteiger partial charge < -0.3 is 5.73 Å². The van der Waals surface area contributed by atoms with Gasteiger partial charge in [-0.3, -0.25) is 4.90 Å². The predicted octanol–water partition coefficient (Wildman–Crippen LogP) is 3.43. The van der Waals surface area contributed by atoms with Crippen molar-refractivity contribution in [3.8, 4) is 0 Å². The van der Waals surface area contributed by atoms with Crippen LogP contribution in [-0.4, -0.2) is 35.0 Å². The second kappa shape index (κ2) is 7.43. The number of hydrogen-bond acceptors (Lipinski definition) is 3. The Morgan fingerprint density at radius 3 is 2.90 bits per heavy atom. The maximum absolute atomic E-state index is 13.5. The number of rotatable bonds is 5. The first-order valence-electron chi connectivity index (χ1n) is 7.52. The Hall–Kier alpha value is -0.580. The number of nitrogens with two attached hydrogens (primary N) is 1. The molecule has 2 N–H and O–H groups in total. The van der Waals surface area contributed by atoms with E-state index in [0.29, 0.717) is 5.25 Å². The van der Waals surface area contributed by atoms with Crippen LogP contribution in [0.1, 0.15) is 38.3 Å². The van der Waals surface area contributed by atoms with E-state index in [1.165, 1.54) is 12.5 Å². The third-order valence-corrected chi connectivity index (χ3v) is 5.46. The van der Waals surface area contributed by atoms with Crippen molar-refractivity contribution in [3.05, 3.63) is 35.6 Å². The van der Waals surface area contributed by atoms with Crippen LogP contribution in [0.5, 0.6) is 0 Å². The van der Waals surface area contributed by atoms with E-state index in [1.54, 1.807) is 12.1 Å². The summed E-state index contributed by atoms with van der Waals surface area (Å²) in [5.41, 5.74) is 7.36. The molecular formula is C16H25FN2S. The van der Waals surface area contributed by atoms with Gasteiger partial charge in [-0.1, -0.05) is 26.0 Å². The van der Waals surface area contributed by atoms with E-state index in [2.05, 4.69) is 18.7 Å². The lowest BCUT2D eigenvalue weighted by Crippen LogP contribution is -2.46. The number of hydrogen-bond donors (Lipinski definition) is 1. The minimum Gasteiger partial charge on any atom is -0.326 e. The fraction of sp³-hybridized carbons (Fsp3) is 0.625. The summed E-state index contributed by atoms with van der Waals surface area (Å²) in [4.78, 5) is 2.45. The molecule has 1 aromatic carbocycles. The second-order valence-electron chi connectivity index (χ2n) is 5.47. The van der Waals surface area contributed by atoms with Crippen LogP contribution in [0.3, 0.4) is 0 Å². The first-order valence-corrected chi connectivity index (χ1v) is 8.57. The van der Waals surface area contributed by atoms with Crippen molar-refractivity contribution in [2.75, 3.05) is 18.8 Å². The Bertz CT molecular complexity index is 427. The molecular weight excluding hydrogens is 271 g/mol. The molecule has 0 saturated carbocycles. The molecule has 2 rings (SSSR count). The van der Waals surface area contributed by atoms with Gasteiger partial charge in [-0.2, -0.15) is 11.8 Å². The van der Waals surface area contributed by atoms with Crippen LogP contribution < -0.4 is 5.73 Å². The second-order valence-corrected chi connectivity index (χ2v) is 6.88. The summed E-state index contributed by atoms with van der Waals surface area (Å²) in [6.07, 6.45) is 2.08. The van der Waals surface area contributed by atoms with Gasteiger partial charge in [-0.25, -0.2) is 4.39 Å². The van der Waals surface area contributed by atoms with Gasteiger partial charge >= 0.3 is 0 Å². The van der Waals surface area contributed by atoms with Crippen molar-refractivity contribution in [3.63, 3.8) is 0 Å². The standard InChI is InChI=1S/C16H25FN2S/c1-3-14-11-19(8-9-20-14)16(15(18)4-2)12-6-5-7-13(17)10-12/h5-7,10,14-16H,3-4,8-9,11,18H2,1-2H3. The van der Waals surface area contributed by atoms with E-state index < -0.39 is 0 Å². The highest BCUT2D eigenvalue weighted by Gasteiger charge is 2.30. The highest BCUT2D eigenvalue weighted by Crippen LogP contribution is 2.31. The number of nitrogens with zero attached hydrogens (tertiary/aromatic N) is 1. The summed E-state index contributed by atoms with van der Waals surface area (Å²) in [6, 6.07) is 7.12. The number of benzene rings is 1. The lowest BCUT2D eigenvalue weighted by atomic mass is 9.95. The summed E-state index contributed by atoms with van der Waals surface area (Å²) in [5, 5.41) is 0.670. The Kier molecular flexibility index (Phi) is 5.87. The Labute approximate surface area is 125 Å². The molecule has 0 aliphatic carbocycles. The molecule has 1 aliphatic rings. The van der Waals surface area contributed by atoms with E-state index in [4.69, 9.17) is 5.73 Å². The minimum atomic E-state index is -0.172. The smallest absolute Gasteiger partial charge is 0.123 e. The van der Waals surface area contributed by atoms with Crippen molar-refractivity contribution >= 4 is 11.8 Å². The molecule has 0 aromatic heterocycles. The molecule has 3 unspecified atom stereocenters. The largest absolute Gasteiger partial charge is 0.326 e. The maximum Gasteiger partial charge on any atom is 0.123 e. The molecule has 1 aromatic rings. The van der Waals surface area contributed by atoms with Crippen molar-refractivity contribution in [1.82, 2.24) is 4.90 Å². The zero-order valence-electron chi connectivity index (χ0n) is 12.4. The zero-order chi connectivity index (χ0) is 14.5. The van der Waals surface area contributed by atoms with Crippen LogP contribution in [0.15, 0.2) is 24.3 Å². The lowest BCUT2D eigenvalue weighted by molar-refractivity contribution is 0.173. The third kappa shape index (κ3) is 3.74. The quantitative estimate of drug-likeness (QED) is 0.902. The minimum absolute atomic E-state index is 0.0532. The van der Waals surface area contributed by atoms with Crippen molar-refractivity contribution in [1.29, 1.82) is 0 Å². The average Bonchev–Trinajstić information content (AvgIpc) is 2.47. The normalized spacial score (nSPS) is 23.5. The van der Waals surface area contributed by atoms with Crippen LogP contribution in [-0.2, 0) is 0 Å². The molecule has 1 fully saturated rings. The summed E-state index contributed by atoms with van der Waals surface area (Å²) in [7, 11) is 0. The van der Waals surface area contributed by atoms with Crippen molar-refractivity contribution in [2.24, 2.45) is 5.73 Å². The Morgan fingerprint density at radius 1 is 1.45 bits per heavy atom. The van der Waals surface area contributed by atoms with Crippen LogP contribution in [0.25, 0.3) is 0 Å². The van der Waals surface area contributed by atoms with Gasteiger partial charge in [0.1, 0.15) is 5.82 Å². The molecule has 20 heavy (non-hydrogen) atoms. The summed E-state index contributed by atoms with van der Waals surface area (Å²) in [6.45, 7) is 6.43. The highest BCUT2D eigenvalue weighted by molar-refractivity contribution is 8.00. The molecule has 2 nitrogen and oxygen atoms in total. The highest BCUT2D eigenvalue weighted by atomic mass is 32.2. The molecule has 0 spiro atoms. The third-order valence-electron chi connectivity index (χ3n) is 4.09. The fourth-order valence-electron chi connectivity index (χ4n) is 2.88. The lowest BCUT2D eigenvalue weighted by Gasteiger charge is -2.40.